The average Bonchev–Trinajstić information content (AvgIpc) is 2.81. The van der Waals surface area contributed by atoms with E-state index in [-0.39, 0.29) is 11.6 Å². The van der Waals surface area contributed by atoms with E-state index in [0.717, 1.165) is 10.9 Å². The fourth-order valence-corrected chi connectivity index (χ4v) is 2.29. The zero-order valence-electron chi connectivity index (χ0n) is 9.65. The molecule has 0 radical (unpaired) electrons. The lowest BCUT2D eigenvalue weighted by Crippen LogP contribution is -2.20. The molecule has 0 aliphatic carbocycles. The molecule has 96 valence electrons. The van der Waals surface area contributed by atoms with Crippen molar-refractivity contribution in [3.8, 4) is 0 Å². The third-order valence-corrected chi connectivity index (χ3v) is 3.24. The molecular formula is C11H12F2N4S. The van der Waals surface area contributed by atoms with Gasteiger partial charge in [0.05, 0.1) is 6.54 Å². The van der Waals surface area contributed by atoms with Crippen molar-refractivity contribution in [1.82, 2.24) is 4.98 Å². The number of pyridine rings is 1. The van der Waals surface area contributed by atoms with Gasteiger partial charge in [0.25, 0.3) is 0 Å². The van der Waals surface area contributed by atoms with Gasteiger partial charge in [0.15, 0.2) is 23.3 Å². The first-order valence-electron chi connectivity index (χ1n) is 5.18. The Kier molecular flexibility index (Phi) is 3.73. The maximum Gasteiger partial charge on any atom is 0.178 e. The standard InChI is InChI=1S/C11H12F2N4S/c1-17(6-7-3-2-4-18-7)11-9(13)5-8(12)10(15-11)16-14/h2-5H,6,14H2,1H3,(H,15,16). The molecule has 2 rings (SSSR count). The highest BCUT2D eigenvalue weighted by Gasteiger charge is 2.15. The van der Waals surface area contributed by atoms with Crippen LogP contribution in [0.25, 0.3) is 0 Å². The third-order valence-electron chi connectivity index (χ3n) is 2.38. The quantitative estimate of drug-likeness (QED) is 0.661. The molecule has 18 heavy (non-hydrogen) atoms. The van der Waals surface area contributed by atoms with Gasteiger partial charge in [0.1, 0.15) is 0 Å². The molecule has 0 saturated carbocycles. The van der Waals surface area contributed by atoms with Crippen molar-refractivity contribution in [2.45, 2.75) is 6.54 Å². The third kappa shape index (κ3) is 2.57. The number of nitrogen functional groups attached to an aromatic ring is 1. The van der Waals surface area contributed by atoms with Crippen molar-refractivity contribution >= 4 is 23.0 Å². The van der Waals surface area contributed by atoms with Gasteiger partial charge < -0.3 is 10.3 Å². The monoisotopic (exact) mass is 270 g/mol. The summed E-state index contributed by atoms with van der Waals surface area (Å²) in [4.78, 5) is 6.47. The number of hydrogen-bond donors (Lipinski definition) is 2. The molecule has 0 amide bonds. The van der Waals surface area contributed by atoms with Gasteiger partial charge in [-0.1, -0.05) is 6.07 Å². The second-order valence-electron chi connectivity index (χ2n) is 3.70. The van der Waals surface area contributed by atoms with Crippen molar-refractivity contribution in [2.75, 3.05) is 17.4 Å². The van der Waals surface area contributed by atoms with Gasteiger partial charge in [-0.3, -0.25) is 0 Å². The molecule has 2 aromatic heterocycles. The predicted octanol–water partition coefficient (Wildman–Crippen LogP) is 2.34. The van der Waals surface area contributed by atoms with E-state index in [1.807, 2.05) is 17.5 Å². The molecule has 2 aromatic rings. The van der Waals surface area contributed by atoms with Crippen LogP contribution in [0.3, 0.4) is 0 Å². The lowest BCUT2D eigenvalue weighted by atomic mass is 10.3. The number of rotatable bonds is 4. The van der Waals surface area contributed by atoms with E-state index >= 15 is 0 Å². The van der Waals surface area contributed by atoms with Crippen molar-refractivity contribution in [3.63, 3.8) is 0 Å². The van der Waals surface area contributed by atoms with E-state index in [9.17, 15) is 8.78 Å². The van der Waals surface area contributed by atoms with Crippen LogP contribution in [0, 0.1) is 11.6 Å². The van der Waals surface area contributed by atoms with Crippen LogP contribution < -0.4 is 16.2 Å². The number of hydrazine groups is 1. The highest BCUT2D eigenvalue weighted by atomic mass is 32.1. The Morgan fingerprint density at radius 2 is 2.22 bits per heavy atom. The van der Waals surface area contributed by atoms with E-state index in [4.69, 9.17) is 5.84 Å². The summed E-state index contributed by atoms with van der Waals surface area (Å²) in [6, 6.07) is 4.61. The zero-order valence-corrected chi connectivity index (χ0v) is 10.5. The average molecular weight is 270 g/mol. The first-order valence-corrected chi connectivity index (χ1v) is 6.06. The van der Waals surface area contributed by atoms with E-state index in [1.165, 1.54) is 0 Å². The van der Waals surface area contributed by atoms with E-state index in [2.05, 4.69) is 10.4 Å². The van der Waals surface area contributed by atoms with E-state index in [0.29, 0.717) is 6.54 Å². The lowest BCUT2D eigenvalue weighted by Gasteiger charge is -2.18. The Labute approximate surface area is 107 Å². The Morgan fingerprint density at radius 1 is 1.44 bits per heavy atom. The number of thiophene rings is 1. The molecule has 4 nitrogen and oxygen atoms in total. The number of nitrogens with zero attached hydrogens (tertiary/aromatic N) is 2. The van der Waals surface area contributed by atoms with Gasteiger partial charge in [-0.15, -0.1) is 11.3 Å². The fraction of sp³-hybridized carbons (Fsp3) is 0.182. The van der Waals surface area contributed by atoms with Crippen LogP contribution >= 0.6 is 11.3 Å². The summed E-state index contributed by atoms with van der Waals surface area (Å²) in [7, 11) is 1.68. The maximum absolute atomic E-state index is 13.6. The molecule has 2 heterocycles. The molecule has 0 bridgehead atoms. The second kappa shape index (κ2) is 5.28. The number of nitrogens with one attached hydrogen (secondary N) is 1. The number of nitrogens with two attached hydrogens (primary N) is 1. The minimum atomic E-state index is -0.816. The van der Waals surface area contributed by atoms with Crippen molar-refractivity contribution in [1.29, 1.82) is 0 Å². The highest BCUT2D eigenvalue weighted by Crippen LogP contribution is 2.23. The topological polar surface area (TPSA) is 54.2 Å². The summed E-state index contributed by atoms with van der Waals surface area (Å²) in [5, 5.41) is 1.94. The molecular weight excluding hydrogens is 258 g/mol. The van der Waals surface area contributed by atoms with Crippen LogP contribution in [-0.4, -0.2) is 12.0 Å². The number of hydrogen-bond acceptors (Lipinski definition) is 5. The van der Waals surface area contributed by atoms with Gasteiger partial charge in [-0.05, 0) is 11.4 Å². The largest absolute Gasteiger partial charge is 0.352 e. The molecule has 0 spiro atoms. The minimum absolute atomic E-state index is 0.0535. The first-order chi connectivity index (χ1) is 8.61. The Morgan fingerprint density at radius 3 is 2.83 bits per heavy atom. The molecule has 3 N–H and O–H groups in total. The molecule has 0 aliphatic heterocycles. The number of anilines is 2. The Hall–Kier alpha value is -1.73. The van der Waals surface area contributed by atoms with Crippen LogP contribution in [0.2, 0.25) is 0 Å². The molecule has 0 atom stereocenters. The van der Waals surface area contributed by atoms with Gasteiger partial charge in [-0.2, -0.15) is 0 Å². The fourth-order valence-electron chi connectivity index (χ4n) is 1.54. The van der Waals surface area contributed by atoms with Gasteiger partial charge in [0, 0.05) is 18.0 Å². The minimum Gasteiger partial charge on any atom is -0.352 e. The first kappa shape index (κ1) is 12.7. The smallest absolute Gasteiger partial charge is 0.178 e. The van der Waals surface area contributed by atoms with Crippen LogP contribution in [0.5, 0.6) is 0 Å². The van der Waals surface area contributed by atoms with Crippen LogP contribution in [0.1, 0.15) is 4.88 Å². The van der Waals surface area contributed by atoms with Gasteiger partial charge in [0.2, 0.25) is 0 Å². The van der Waals surface area contributed by atoms with E-state index < -0.39 is 11.6 Å². The molecule has 0 aromatic carbocycles. The van der Waals surface area contributed by atoms with Crippen LogP contribution in [0.4, 0.5) is 20.4 Å². The lowest BCUT2D eigenvalue weighted by molar-refractivity contribution is 0.572. The van der Waals surface area contributed by atoms with Gasteiger partial charge >= 0.3 is 0 Å². The Bertz CT molecular complexity index is 530. The molecule has 0 saturated heterocycles. The summed E-state index contributed by atoms with van der Waals surface area (Å²) in [5.41, 5.74) is 2.10. The number of aromatic nitrogens is 1. The Balaban J connectivity index is 2.26. The molecule has 0 fully saturated rings. The molecule has 0 unspecified atom stereocenters. The van der Waals surface area contributed by atoms with E-state index in [1.54, 1.807) is 23.3 Å². The van der Waals surface area contributed by atoms with Crippen LogP contribution in [0.15, 0.2) is 23.6 Å². The SMILES string of the molecule is CN(Cc1cccs1)c1nc(NN)c(F)cc1F. The summed E-state index contributed by atoms with van der Waals surface area (Å²) in [5.74, 6) is 3.46. The van der Waals surface area contributed by atoms with Crippen molar-refractivity contribution in [2.24, 2.45) is 5.84 Å². The molecule has 7 heteroatoms. The zero-order chi connectivity index (χ0) is 13.1. The predicted molar refractivity (Wildman–Crippen MR) is 68.4 cm³/mol. The summed E-state index contributed by atoms with van der Waals surface area (Å²) in [6.07, 6.45) is 0. The second-order valence-corrected chi connectivity index (χ2v) is 4.74. The maximum atomic E-state index is 13.6. The number of halogens is 2. The van der Waals surface area contributed by atoms with Crippen molar-refractivity contribution < 1.29 is 8.78 Å². The van der Waals surface area contributed by atoms with Crippen molar-refractivity contribution in [3.05, 3.63) is 40.1 Å². The summed E-state index contributed by atoms with van der Waals surface area (Å²) >= 11 is 1.56. The summed E-state index contributed by atoms with van der Waals surface area (Å²) in [6.45, 7) is 0.497. The van der Waals surface area contributed by atoms with Gasteiger partial charge in [-0.25, -0.2) is 19.6 Å². The molecule has 0 aliphatic rings. The normalized spacial score (nSPS) is 10.4. The summed E-state index contributed by atoms with van der Waals surface area (Å²) < 4.78 is 26.8. The van der Waals surface area contributed by atoms with Crippen LogP contribution in [-0.2, 0) is 6.54 Å². The highest BCUT2D eigenvalue weighted by molar-refractivity contribution is 7.09.